The number of fused-ring (bicyclic) bond motifs is 1. The number of halogens is 1. The maximum atomic E-state index is 12.6. The molecule has 5 nitrogen and oxygen atoms in total. The topological polar surface area (TPSA) is 48.7 Å². The summed E-state index contributed by atoms with van der Waals surface area (Å²) in [7, 11) is 0. The van der Waals surface area contributed by atoms with Crippen molar-refractivity contribution in [2.75, 3.05) is 44.6 Å². The van der Waals surface area contributed by atoms with Crippen molar-refractivity contribution in [3.05, 3.63) is 52.4 Å². The molecule has 0 spiro atoms. The van der Waals surface area contributed by atoms with Crippen LogP contribution >= 0.6 is 11.6 Å². The molecule has 3 heterocycles. The molecule has 0 aliphatic carbocycles. The van der Waals surface area contributed by atoms with E-state index in [1.165, 1.54) is 0 Å². The summed E-state index contributed by atoms with van der Waals surface area (Å²) in [6.07, 6.45) is 2.69. The molecule has 150 valence electrons. The lowest BCUT2D eigenvalue weighted by atomic mass is 10.0. The fourth-order valence-electron chi connectivity index (χ4n) is 4.41. The number of carbonyl (C=O) groups is 1. The Hall–Kier alpha value is -1.98. The van der Waals surface area contributed by atoms with Crippen LogP contribution in [0.15, 0.2) is 34.9 Å². The Labute approximate surface area is 171 Å². The molecule has 1 aromatic carbocycles. The van der Waals surface area contributed by atoms with E-state index in [0.717, 1.165) is 67.5 Å². The molecule has 0 bridgehead atoms. The van der Waals surface area contributed by atoms with E-state index >= 15 is 0 Å². The van der Waals surface area contributed by atoms with Gasteiger partial charge in [0.25, 0.3) is 5.91 Å². The van der Waals surface area contributed by atoms with Gasteiger partial charge in [0.05, 0.1) is 6.26 Å². The SMILES string of the molecule is Cc1ccc(NCCCN2CC3CN(C(=O)c4occc4C)CC3C2)cc1Cl. The van der Waals surface area contributed by atoms with Crippen molar-refractivity contribution < 1.29 is 9.21 Å². The average Bonchev–Trinajstić information content (AvgIpc) is 3.35. The van der Waals surface area contributed by atoms with Crippen LogP contribution < -0.4 is 5.32 Å². The highest BCUT2D eigenvalue weighted by molar-refractivity contribution is 6.31. The van der Waals surface area contributed by atoms with E-state index in [9.17, 15) is 4.79 Å². The second kappa shape index (κ2) is 8.18. The van der Waals surface area contributed by atoms with Crippen molar-refractivity contribution in [3.63, 3.8) is 0 Å². The number of aryl methyl sites for hydroxylation is 2. The standard InChI is InChI=1S/C22H28ClN3O2/c1-15-4-5-19(10-20(15)23)24-7-3-8-25-11-17-13-26(14-18(17)12-25)22(27)21-16(2)6-9-28-21/h4-6,9-10,17-18,24H,3,7-8,11-14H2,1-2H3. The van der Waals surface area contributed by atoms with E-state index in [0.29, 0.717) is 17.6 Å². The molecule has 6 heteroatoms. The third-order valence-corrected chi connectivity index (χ3v) is 6.46. The monoisotopic (exact) mass is 401 g/mol. The molecule has 2 fully saturated rings. The predicted octanol–water partition coefficient (Wildman–Crippen LogP) is 4.06. The van der Waals surface area contributed by atoms with Crippen LogP contribution in [0.25, 0.3) is 0 Å². The van der Waals surface area contributed by atoms with Gasteiger partial charge in [0, 0.05) is 49.0 Å². The minimum Gasteiger partial charge on any atom is -0.459 e. The number of amides is 1. The fraction of sp³-hybridized carbons (Fsp3) is 0.500. The highest BCUT2D eigenvalue weighted by atomic mass is 35.5. The lowest BCUT2D eigenvalue weighted by molar-refractivity contribution is 0.0741. The molecule has 28 heavy (non-hydrogen) atoms. The minimum absolute atomic E-state index is 0.0457. The van der Waals surface area contributed by atoms with E-state index in [4.69, 9.17) is 16.0 Å². The van der Waals surface area contributed by atoms with Gasteiger partial charge in [0.1, 0.15) is 0 Å². The average molecular weight is 402 g/mol. The van der Waals surface area contributed by atoms with Crippen molar-refractivity contribution >= 4 is 23.2 Å². The predicted molar refractivity (Wildman–Crippen MR) is 112 cm³/mol. The Balaban J connectivity index is 1.19. The van der Waals surface area contributed by atoms with Gasteiger partial charge >= 0.3 is 0 Å². The van der Waals surface area contributed by atoms with Crippen molar-refractivity contribution in [1.82, 2.24) is 9.80 Å². The van der Waals surface area contributed by atoms with Crippen LogP contribution in [-0.2, 0) is 0 Å². The van der Waals surface area contributed by atoms with E-state index < -0.39 is 0 Å². The molecule has 2 unspecified atom stereocenters. The minimum atomic E-state index is 0.0457. The number of rotatable bonds is 6. The molecule has 2 aliphatic rings. The Morgan fingerprint density at radius 1 is 1.14 bits per heavy atom. The molecule has 1 amide bonds. The van der Waals surface area contributed by atoms with Gasteiger partial charge in [0.2, 0.25) is 0 Å². The van der Waals surface area contributed by atoms with Gasteiger partial charge in [-0.15, -0.1) is 0 Å². The zero-order valence-electron chi connectivity index (χ0n) is 16.6. The highest BCUT2D eigenvalue weighted by Gasteiger charge is 2.42. The Bertz CT molecular complexity index is 836. The zero-order chi connectivity index (χ0) is 19.7. The Kier molecular flexibility index (Phi) is 5.65. The van der Waals surface area contributed by atoms with Gasteiger partial charge in [-0.2, -0.15) is 0 Å². The Morgan fingerprint density at radius 2 is 1.89 bits per heavy atom. The Morgan fingerprint density at radius 3 is 2.54 bits per heavy atom. The quantitative estimate of drug-likeness (QED) is 0.741. The van der Waals surface area contributed by atoms with Crippen molar-refractivity contribution in [1.29, 1.82) is 0 Å². The van der Waals surface area contributed by atoms with E-state index in [2.05, 4.69) is 16.3 Å². The molecule has 4 rings (SSSR count). The number of hydrogen-bond donors (Lipinski definition) is 1. The van der Waals surface area contributed by atoms with E-state index in [1.807, 2.05) is 36.9 Å². The first-order valence-electron chi connectivity index (χ1n) is 10.1. The number of anilines is 1. The van der Waals surface area contributed by atoms with Gasteiger partial charge in [-0.05, 0) is 62.4 Å². The summed E-state index contributed by atoms with van der Waals surface area (Å²) in [6, 6.07) is 7.96. The highest BCUT2D eigenvalue weighted by Crippen LogP contribution is 2.32. The third kappa shape index (κ3) is 4.06. The van der Waals surface area contributed by atoms with Gasteiger partial charge in [-0.1, -0.05) is 17.7 Å². The number of benzene rings is 1. The molecule has 1 N–H and O–H groups in total. The zero-order valence-corrected chi connectivity index (χ0v) is 17.3. The summed E-state index contributed by atoms with van der Waals surface area (Å²) >= 11 is 6.18. The van der Waals surface area contributed by atoms with Crippen LogP contribution in [-0.4, -0.2) is 55.0 Å². The van der Waals surface area contributed by atoms with Gasteiger partial charge < -0.3 is 19.5 Å². The number of carbonyl (C=O) groups excluding carboxylic acids is 1. The lowest BCUT2D eigenvalue weighted by Gasteiger charge is -2.21. The molecule has 1 aromatic heterocycles. The lowest BCUT2D eigenvalue weighted by Crippen LogP contribution is -2.34. The summed E-state index contributed by atoms with van der Waals surface area (Å²) in [6.45, 7) is 9.83. The van der Waals surface area contributed by atoms with E-state index in [1.54, 1.807) is 6.26 Å². The van der Waals surface area contributed by atoms with Crippen LogP contribution in [0.4, 0.5) is 5.69 Å². The maximum absolute atomic E-state index is 12.6. The molecule has 2 aliphatic heterocycles. The summed E-state index contributed by atoms with van der Waals surface area (Å²) in [5.74, 6) is 1.72. The second-order valence-electron chi connectivity index (χ2n) is 8.17. The number of furan rings is 1. The first kappa shape index (κ1) is 19.3. The molecule has 0 saturated carbocycles. The van der Waals surface area contributed by atoms with Gasteiger partial charge in [-0.3, -0.25) is 4.79 Å². The summed E-state index contributed by atoms with van der Waals surface area (Å²) < 4.78 is 5.38. The van der Waals surface area contributed by atoms with Crippen LogP contribution in [0.2, 0.25) is 5.02 Å². The number of nitrogens with zero attached hydrogens (tertiary/aromatic N) is 2. The number of hydrogen-bond acceptors (Lipinski definition) is 4. The summed E-state index contributed by atoms with van der Waals surface area (Å²) in [4.78, 5) is 17.1. The molecular weight excluding hydrogens is 374 g/mol. The third-order valence-electron chi connectivity index (χ3n) is 6.06. The number of nitrogens with one attached hydrogen (secondary N) is 1. The van der Waals surface area contributed by atoms with Crippen LogP contribution in [0, 0.1) is 25.7 Å². The normalized spacial score (nSPS) is 21.9. The molecule has 2 aromatic rings. The van der Waals surface area contributed by atoms with Gasteiger partial charge in [0.15, 0.2) is 5.76 Å². The van der Waals surface area contributed by atoms with Crippen molar-refractivity contribution in [3.8, 4) is 0 Å². The van der Waals surface area contributed by atoms with Crippen LogP contribution in [0.5, 0.6) is 0 Å². The van der Waals surface area contributed by atoms with Crippen LogP contribution in [0.3, 0.4) is 0 Å². The maximum Gasteiger partial charge on any atom is 0.289 e. The first-order valence-corrected chi connectivity index (χ1v) is 10.4. The first-order chi connectivity index (χ1) is 13.5. The molecular formula is C22H28ClN3O2. The van der Waals surface area contributed by atoms with Crippen LogP contribution in [0.1, 0.15) is 28.1 Å². The molecule has 0 radical (unpaired) electrons. The summed E-state index contributed by atoms with van der Waals surface area (Å²) in [5, 5.41) is 4.26. The fourth-order valence-corrected chi connectivity index (χ4v) is 4.59. The second-order valence-corrected chi connectivity index (χ2v) is 8.57. The number of likely N-dealkylation sites (tertiary alicyclic amines) is 2. The van der Waals surface area contributed by atoms with Gasteiger partial charge in [-0.25, -0.2) is 0 Å². The summed E-state index contributed by atoms with van der Waals surface area (Å²) in [5.41, 5.74) is 3.10. The van der Waals surface area contributed by atoms with Crippen molar-refractivity contribution in [2.24, 2.45) is 11.8 Å². The van der Waals surface area contributed by atoms with E-state index in [-0.39, 0.29) is 5.91 Å². The molecule has 2 atom stereocenters. The van der Waals surface area contributed by atoms with Crippen molar-refractivity contribution in [2.45, 2.75) is 20.3 Å². The molecule has 2 saturated heterocycles. The smallest absolute Gasteiger partial charge is 0.289 e. The largest absolute Gasteiger partial charge is 0.459 e.